The van der Waals surface area contributed by atoms with Crippen molar-refractivity contribution in [3.8, 4) is 0 Å². The van der Waals surface area contributed by atoms with E-state index >= 15 is 0 Å². The number of ether oxygens (including phenoxy) is 1. The molecule has 0 aromatic heterocycles. The molecular formula is C14H22N2O2. The first-order valence-electron chi connectivity index (χ1n) is 6.10. The third-order valence-corrected chi connectivity index (χ3v) is 2.24. The average molecular weight is 250 g/mol. The highest BCUT2D eigenvalue weighted by Gasteiger charge is 2.15. The molecule has 0 aliphatic heterocycles. The van der Waals surface area contributed by atoms with Gasteiger partial charge in [0.1, 0.15) is 5.60 Å². The molecule has 0 radical (unpaired) electrons. The van der Waals surface area contributed by atoms with Crippen LogP contribution in [-0.2, 0) is 17.8 Å². The Balaban J connectivity index is 2.41. The topological polar surface area (TPSA) is 50.4 Å². The van der Waals surface area contributed by atoms with Gasteiger partial charge in [0.05, 0.1) is 0 Å². The van der Waals surface area contributed by atoms with E-state index < -0.39 is 5.60 Å². The Bertz CT molecular complexity index is 380. The highest BCUT2D eigenvalue weighted by Crippen LogP contribution is 2.07. The summed E-state index contributed by atoms with van der Waals surface area (Å²) in [4.78, 5) is 11.5. The van der Waals surface area contributed by atoms with Gasteiger partial charge in [-0.15, -0.1) is 0 Å². The second-order valence-electron chi connectivity index (χ2n) is 5.20. The molecule has 100 valence electrons. The Morgan fingerprint density at radius 1 is 1.11 bits per heavy atom. The lowest BCUT2D eigenvalue weighted by atomic mass is 10.1. The van der Waals surface area contributed by atoms with E-state index in [-0.39, 0.29) is 6.09 Å². The largest absolute Gasteiger partial charge is 0.444 e. The molecule has 0 saturated carbocycles. The van der Waals surface area contributed by atoms with Gasteiger partial charge in [-0.1, -0.05) is 24.3 Å². The summed E-state index contributed by atoms with van der Waals surface area (Å²) in [7, 11) is 1.91. The number of benzene rings is 1. The summed E-state index contributed by atoms with van der Waals surface area (Å²) in [5, 5.41) is 5.82. The van der Waals surface area contributed by atoms with Crippen LogP contribution in [0.4, 0.5) is 4.79 Å². The van der Waals surface area contributed by atoms with Gasteiger partial charge in [-0.25, -0.2) is 4.79 Å². The van der Waals surface area contributed by atoms with Crippen LogP contribution in [0.15, 0.2) is 24.3 Å². The van der Waals surface area contributed by atoms with Crippen LogP contribution in [-0.4, -0.2) is 18.7 Å². The van der Waals surface area contributed by atoms with E-state index in [0.29, 0.717) is 6.54 Å². The van der Waals surface area contributed by atoms with E-state index in [1.165, 1.54) is 5.56 Å². The SMILES string of the molecule is CNCc1ccc(CNC(=O)OC(C)(C)C)cc1. The second kappa shape index (κ2) is 6.40. The Hall–Kier alpha value is -1.55. The zero-order chi connectivity index (χ0) is 13.6. The smallest absolute Gasteiger partial charge is 0.407 e. The van der Waals surface area contributed by atoms with Crippen LogP contribution in [0.25, 0.3) is 0 Å². The van der Waals surface area contributed by atoms with Crippen molar-refractivity contribution in [3.63, 3.8) is 0 Å². The monoisotopic (exact) mass is 250 g/mol. The van der Waals surface area contributed by atoms with E-state index in [1.54, 1.807) is 0 Å². The fraction of sp³-hybridized carbons (Fsp3) is 0.500. The lowest BCUT2D eigenvalue weighted by Crippen LogP contribution is -2.32. The van der Waals surface area contributed by atoms with Crippen molar-refractivity contribution in [2.75, 3.05) is 7.05 Å². The molecule has 1 aromatic rings. The van der Waals surface area contributed by atoms with E-state index in [0.717, 1.165) is 12.1 Å². The summed E-state index contributed by atoms with van der Waals surface area (Å²) in [6.45, 7) is 6.87. The summed E-state index contributed by atoms with van der Waals surface area (Å²) in [5.41, 5.74) is 1.82. The number of nitrogens with one attached hydrogen (secondary N) is 2. The molecule has 0 spiro atoms. The van der Waals surface area contributed by atoms with E-state index in [2.05, 4.69) is 10.6 Å². The fourth-order valence-corrected chi connectivity index (χ4v) is 1.47. The third kappa shape index (κ3) is 5.68. The van der Waals surface area contributed by atoms with Crippen LogP contribution < -0.4 is 10.6 Å². The first-order chi connectivity index (χ1) is 8.40. The molecule has 0 saturated heterocycles. The van der Waals surface area contributed by atoms with Crippen molar-refractivity contribution in [2.45, 2.75) is 39.5 Å². The Morgan fingerprint density at radius 3 is 2.06 bits per heavy atom. The van der Waals surface area contributed by atoms with Gasteiger partial charge >= 0.3 is 6.09 Å². The number of carbonyl (C=O) groups excluding carboxylic acids is 1. The van der Waals surface area contributed by atoms with Crippen molar-refractivity contribution in [1.82, 2.24) is 10.6 Å². The van der Waals surface area contributed by atoms with Crippen LogP contribution in [0, 0.1) is 0 Å². The molecule has 0 fully saturated rings. The summed E-state index contributed by atoms with van der Waals surface area (Å²) >= 11 is 0. The molecule has 0 atom stereocenters. The number of hydrogen-bond acceptors (Lipinski definition) is 3. The number of alkyl carbamates (subject to hydrolysis) is 1. The average Bonchev–Trinajstić information content (AvgIpc) is 2.26. The van der Waals surface area contributed by atoms with Gasteiger partial charge in [0.2, 0.25) is 0 Å². The molecule has 0 aliphatic carbocycles. The number of hydrogen-bond donors (Lipinski definition) is 2. The van der Waals surface area contributed by atoms with Gasteiger partial charge in [0, 0.05) is 13.1 Å². The number of rotatable bonds is 4. The van der Waals surface area contributed by atoms with Gasteiger partial charge < -0.3 is 15.4 Å². The van der Waals surface area contributed by atoms with Gasteiger partial charge in [0.15, 0.2) is 0 Å². The highest BCUT2D eigenvalue weighted by atomic mass is 16.6. The second-order valence-corrected chi connectivity index (χ2v) is 5.20. The first kappa shape index (κ1) is 14.5. The molecule has 4 heteroatoms. The molecule has 1 amide bonds. The minimum Gasteiger partial charge on any atom is -0.444 e. The van der Waals surface area contributed by atoms with Crippen molar-refractivity contribution >= 4 is 6.09 Å². The molecular weight excluding hydrogens is 228 g/mol. The fourth-order valence-electron chi connectivity index (χ4n) is 1.47. The normalized spacial score (nSPS) is 11.1. The molecule has 4 nitrogen and oxygen atoms in total. The molecule has 0 unspecified atom stereocenters. The molecule has 2 N–H and O–H groups in total. The van der Waals surface area contributed by atoms with Crippen molar-refractivity contribution in [2.24, 2.45) is 0 Å². The predicted molar refractivity (Wildman–Crippen MR) is 72.3 cm³/mol. The maximum Gasteiger partial charge on any atom is 0.407 e. The van der Waals surface area contributed by atoms with Gasteiger partial charge in [-0.05, 0) is 38.9 Å². The van der Waals surface area contributed by atoms with Crippen LogP contribution >= 0.6 is 0 Å². The highest BCUT2D eigenvalue weighted by molar-refractivity contribution is 5.67. The van der Waals surface area contributed by atoms with Crippen LogP contribution in [0.1, 0.15) is 31.9 Å². The quantitative estimate of drug-likeness (QED) is 0.863. The number of carbonyl (C=O) groups is 1. The first-order valence-corrected chi connectivity index (χ1v) is 6.10. The van der Waals surface area contributed by atoms with E-state index in [1.807, 2.05) is 52.1 Å². The molecule has 0 aliphatic rings. The Morgan fingerprint density at radius 2 is 1.61 bits per heavy atom. The van der Waals surface area contributed by atoms with Crippen molar-refractivity contribution in [3.05, 3.63) is 35.4 Å². The summed E-state index contributed by atoms with van der Waals surface area (Å²) < 4.78 is 5.16. The predicted octanol–water partition coefficient (Wildman–Crippen LogP) is 2.43. The van der Waals surface area contributed by atoms with Gasteiger partial charge in [0.25, 0.3) is 0 Å². The molecule has 1 aromatic carbocycles. The molecule has 1 rings (SSSR count). The lowest BCUT2D eigenvalue weighted by Gasteiger charge is -2.19. The minimum absolute atomic E-state index is 0.387. The summed E-state index contributed by atoms with van der Waals surface area (Å²) in [5.74, 6) is 0. The van der Waals surface area contributed by atoms with Crippen LogP contribution in [0.5, 0.6) is 0 Å². The van der Waals surface area contributed by atoms with Crippen LogP contribution in [0.2, 0.25) is 0 Å². The Labute approximate surface area is 109 Å². The molecule has 0 bridgehead atoms. The third-order valence-electron chi connectivity index (χ3n) is 2.24. The minimum atomic E-state index is -0.458. The zero-order valence-electron chi connectivity index (χ0n) is 11.5. The standard InChI is InChI=1S/C14H22N2O2/c1-14(2,3)18-13(17)16-10-12-7-5-11(6-8-12)9-15-4/h5-8,15H,9-10H2,1-4H3,(H,16,17). The zero-order valence-corrected chi connectivity index (χ0v) is 11.5. The molecule has 0 heterocycles. The maximum absolute atomic E-state index is 11.5. The van der Waals surface area contributed by atoms with Gasteiger partial charge in [-0.2, -0.15) is 0 Å². The summed E-state index contributed by atoms with van der Waals surface area (Å²) in [6.07, 6.45) is -0.387. The van der Waals surface area contributed by atoms with Gasteiger partial charge in [-0.3, -0.25) is 0 Å². The van der Waals surface area contributed by atoms with Crippen molar-refractivity contribution < 1.29 is 9.53 Å². The molecule has 18 heavy (non-hydrogen) atoms. The van der Waals surface area contributed by atoms with E-state index in [4.69, 9.17) is 4.74 Å². The summed E-state index contributed by atoms with van der Waals surface area (Å²) in [6, 6.07) is 8.10. The number of amides is 1. The maximum atomic E-state index is 11.5. The van der Waals surface area contributed by atoms with Crippen molar-refractivity contribution in [1.29, 1.82) is 0 Å². The van der Waals surface area contributed by atoms with Crippen LogP contribution in [0.3, 0.4) is 0 Å². The lowest BCUT2D eigenvalue weighted by molar-refractivity contribution is 0.0523. The Kier molecular flexibility index (Phi) is 5.16. The van der Waals surface area contributed by atoms with E-state index in [9.17, 15) is 4.79 Å².